The van der Waals surface area contributed by atoms with Crippen LogP contribution in [0.3, 0.4) is 0 Å². The Morgan fingerprint density at radius 2 is 1.28 bits per heavy atom. The molecule has 0 amide bonds. The van der Waals surface area contributed by atoms with Crippen LogP contribution in [0.5, 0.6) is 0 Å². The monoisotopic (exact) mass is 346 g/mol. The Labute approximate surface area is 155 Å². The standard InChI is InChI=1S/C22H22N2S/c1-17-13-15-20(16-14-17)23-22(25)24(2)21(18-9-5-3-6-10-18)19-11-7-4-8-12-19/h3-16,21H,1-2H3,(H,23,25). The van der Waals surface area contributed by atoms with Crippen molar-refractivity contribution >= 4 is 23.0 Å². The van der Waals surface area contributed by atoms with E-state index in [9.17, 15) is 0 Å². The van der Waals surface area contributed by atoms with Crippen LogP contribution < -0.4 is 5.32 Å². The summed E-state index contributed by atoms with van der Waals surface area (Å²) in [5, 5.41) is 4.04. The highest BCUT2D eigenvalue weighted by atomic mass is 32.1. The number of aryl methyl sites for hydroxylation is 1. The maximum atomic E-state index is 5.68. The molecular formula is C22H22N2S. The van der Waals surface area contributed by atoms with E-state index in [0.717, 1.165) is 5.69 Å². The van der Waals surface area contributed by atoms with Gasteiger partial charge in [0, 0.05) is 12.7 Å². The molecule has 25 heavy (non-hydrogen) atoms. The van der Waals surface area contributed by atoms with Crippen molar-refractivity contribution in [1.82, 2.24) is 4.90 Å². The van der Waals surface area contributed by atoms with E-state index in [1.54, 1.807) is 0 Å². The van der Waals surface area contributed by atoms with Crippen LogP contribution in [0.1, 0.15) is 22.7 Å². The number of hydrogen-bond acceptors (Lipinski definition) is 1. The van der Waals surface area contributed by atoms with Gasteiger partial charge in [-0.05, 0) is 42.4 Å². The summed E-state index contributed by atoms with van der Waals surface area (Å²) < 4.78 is 0. The second-order valence-electron chi connectivity index (χ2n) is 6.13. The van der Waals surface area contributed by atoms with Gasteiger partial charge in [0.25, 0.3) is 0 Å². The normalized spacial score (nSPS) is 10.5. The van der Waals surface area contributed by atoms with Crippen molar-refractivity contribution in [2.24, 2.45) is 0 Å². The lowest BCUT2D eigenvalue weighted by Crippen LogP contribution is -2.35. The Hall–Kier alpha value is -2.65. The molecular weight excluding hydrogens is 324 g/mol. The summed E-state index contributed by atoms with van der Waals surface area (Å²) in [5.41, 5.74) is 4.66. The SMILES string of the molecule is Cc1ccc(NC(=S)N(C)C(c2ccccc2)c2ccccc2)cc1. The van der Waals surface area contributed by atoms with E-state index in [1.165, 1.54) is 16.7 Å². The van der Waals surface area contributed by atoms with Gasteiger partial charge in [0.2, 0.25) is 0 Å². The lowest BCUT2D eigenvalue weighted by Gasteiger charge is -2.31. The highest BCUT2D eigenvalue weighted by Gasteiger charge is 2.21. The molecule has 0 saturated heterocycles. The third-order valence-electron chi connectivity index (χ3n) is 4.24. The smallest absolute Gasteiger partial charge is 0.173 e. The predicted octanol–water partition coefficient (Wildman–Crippen LogP) is 5.41. The number of nitrogens with zero attached hydrogens (tertiary/aromatic N) is 1. The van der Waals surface area contributed by atoms with Gasteiger partial charge >= 0.3 is 0 Å². The summed E-state index contributed by atoms with van der Waals surface area (Å²) >= 11 is 5.68. The van der Waals surface area contributed by atoms with Gasteiger partial charge in [-0.15, -0.1) is 0 Å². The van der Waals surface area contributed by atoms with Crippen molar-refractivity contribution in [2.45, 2.75) is 13.0 Å². The van der Waals surface area contributed by atoms with E-state index in [0.29, 0.717) is 5.11 Å². The zero-order valence-electron chi connectivity index (χ0n) is 14.5. The Morgan fingerprint density at radius 3 is 1.76 bits per heavy atom. The minimum absolute atomic E-state index is 0.0628. The number of rotatable bonds is 4. The third kappa shape index (κ3) is 4.25. The summed E-state index contributed by atoms with van der Waals surface area (Å²) in [6.07, 6.45) is 0. The molecule has 0 aliphatic heterocycles. The first-order valence-corrected chi connectivity index (χ1v) is 8.76. The fourth-order valence-electron chi connectivity index (χ4n) is 2.88. The summed E-state index contributed by atoms with van der Waals surface area (Å²) in [7, 11) is 2.04. The van der Waals surface area contributed by atoms with E-state index < -0.39 is 0 Å². The number of benzene rings is 3. The Balaban J connectivity index is 1.87. The molecule has 0 saturated carbocycles. The average molecular weight is 346 g/mol. The van der Waals surface area contributed by atoms with Crippen LogP contribution in [0.2, 0.25) is 0 Å². The molecule has 0 spiro atoms. The topological polar surface area (TPSA) is 15.3 Å². The number of hydrogen-bond donors (Lipinski definition) is 1. The zero-order valence-corrected chi connectivity index (χ0v) is 15.3. The third-order valence-corrected chi connectivity index (χ3v) is 4.63. The molecule has 3 rings (SSSR count). The molecule has 0 atom stereocenters. The maximum absolute atomic E-state index is 5.68. The van der Waals surface area contributed by atoms with Crippen molar-refractivity contribution in [3.8, 4) is 0 Å². The first kappa shape index (κ1) is 17.2. The molecule has 3 aromatic rings. The lowest BCUT2D eigenvalue weighted by atomic mass is 9.98. The molecule has 0 radical (unpaired) electrons. The second kappa shape index (κ2) is 7.95. The fourth-order valence-corrected chi connectivity index (χ4v) is 3.10. The lowest BCUT2D eigenvalue weighted by molar-refractivity contribution is 0.434. The van der Waals surface area contributed by atoms with E-state index in [1.807, 2.05) is 19.2 Å². The molecule has 2 nitrogen and oxygen atoms in total. The molecule has 0 aliphatic rings. The van der Waals surface area contributed by atoms with Crippen molar-refractivity contribution in [1.29, 1.82) is 0 Å². The predicted molar refractivity (Wildman–Crippen MR) is 110 cm³/mol. The molecule has 0 aromatic heterocycles. The van der Waals surface area contributed by atoms with Crippen LogP contribution in [0.15, 0.2) is 84.9 Å². The van der Waals surface area contributed by atoms with Crippen LogP contribution in [-0.4, -0.2) is 17.1 Å². The number of anilines is 1. The van der Waals surface area contributed by atoms with Gasteiger partial charge in [0.05, 0.1) is 6.04 Å². The molecule has 0 aliphatic carbocycles. The van der Waals surface area contributed by atoms with Gasteiger partial charge in [0.1, 0.15) is 0 Å². The molecule has 0 heterocycles. The quantitative estimate of drug-likeness (QED) is 0.636. The van der Waals surface area contributed by atoms with Crippen molar-refractivity contribution < 1.29 is 0 Å². The van der Waals surface area contributed by atoms with Gasteiger partial charge in [0.15, 0.2) is 5.11 Å². The average Bonchev–Trinajstić information content (AvgIpc) is 2.65. The summed E-state index contributed by atoms with van der Waals surface area (Å²) in [6, 6.07) is 29.2. The second-order valence-corrected chi connectivity index (χ2v) is 6.52. The fraction of sp³-hybridized carbons (Fsp3) is 0.136. The van der Waals surface area contributed by atoms with Gasteiger partial charge in [-0.1, -0.05) is 78.4 Å². The Morgan fingerprint density at radius 1 is 0.800 bits per heavy atom. The Kier molecular flexibility index (Phi) is 5.46. The van der Waals surface area contributed by atoms with Gasteiger partial charge in [-0.25, -0.2) is 0 Å². The molecule has 0 fully saturated rings. The van der Waals surface area contributed by atoms with Gasteiger partial charge < -0.3 is 10.2 Å². The zero-order chi connectivity index (χ0) is 17.6. The van der Waals surface area contributed by atoms with Crippen molar-refractivity contribution in [3.05, 3.63) is 102 Å². The number of thiocarbonyl (C=S) groups is 1. The molecule has 126 valence electrons. The summed E-state index contributed by atoms with van der Waals surface area (Å²) in [4.78, 5) is 2.11. The highest BCUT2D eigenvalue weighted by molar-refractivity contribution is 7.80. The van der Waals surface area contributed by atoms with Crippen LogP contribution in [0.4, 0.5) is 5.69 Å². The summed E-state index contributed by atoms with van der Waals surface area (Å²) in [5.74, 6) is 0. The van der Waals surface area contributed by atoms with E-state index >= 15 is 0 Å². The van der Waals surface area contributed by atoms with Crippen molar-refractivity contribution in [3.63, 3.8) is 0 Å². The maximum Gasteiger partial charge on any atom is 0.173 e. The molecule has 3 aromatic carbocycles. The van der Waals surface area contributed by atoms with E-state index in [4.69, 9.17) is 12.2 Å². The highest BCUT2D eigenvalue weighted by Crippen LogP contribution is 2.28. The minimum Gasteiger partial charge on any atom is -0.341 e. The molecule has 0 unspecified atom stereocenters. The van der Waals surface area contributed by atoms with Crippen LogP contribution in [0.25, 0.3) is 0 Å². The molecule has 1 N–H and O–H groups in total. The van der Waals surface area contributed by atoms with Crippen LogP contribution in [0, 0.1) is 6.92 Å². The molecule has 0 bridgehead atoms. The Bertz CT molecular complexity index is 774. The summed E-state index contributed by atoms with van der Waals surface area (Å²) in [6.45, 7) is 2.08. The minimum atomic E-state index is 0.0628. The molecule has 3 heteroatoms. The largest absolute Gasteiger partial charge is 0.341 e. The van der Waals surface area contributed by atoms with E-state index in [-0.39, 0.29) is 6.04 Å². The van der Waals surface area contributed by atoms with E-state index in [2.05, 4.69) is 89.9 Å². The van der Waals surface area contributed by atoms with Crippen LogP contribution in [-0.2, 0) is 0 Å². The van der Waals surface area contributed by atoms with Gasteiger partial charge in [-0.2, -0.15) is 0 Å². The first-order valence-electron chi connectivity index (χ1n) is 8.35. The first-order chi connectivity index (χ1) is 12.1. The number of nitrogens with one attached hydrogen (secondary N) is 1. The van der Waals surface area contributed by atoms with Crippen LogP contribution >= 0.6 is 12.2 Å². The van der Waals surface area contributed by atoms with Crippen molar-refractivity contribution in [2.75, 3.05) is 12.4 Å². The van der Waals surface area contributed by atoms with Gasteiger partial charge in [-0.3, -0.25) is 0 Å².